The van der Waals surface area contributed by atoms with Crippen LogP contribution in [-0.2, 0) is 9.53 Å². The summed E-state index contributed by atoms with van der Waals surface area (Å²) in [5.74, 6) is 0.606. The van der Waals surface area contributed by atoms with Crippen molar-refractivity contribution < 1.29 is 9.53 Å². The van der Waals surface area contributed by atoms with E-state index in [2.05, 4.69) is 32.2 Å². The molecule has 0 radical (unpaired) electrons. The van der Waals surface area contributed by atoms with E-state index >= 15 is 0 Å². The highest BCUT2D eigenvalue weighted by molar-refractivity contribution is 5.78. The number of hydrogen-bond acceptors (Lipinski definition) is 7. The molecule has 1 unspecified atom stereocenters. The third kappa shape index (κ3) is 4.54. The molecule has 2 heterocycles. The van der Waals surface area contributed by atoms with Gasteiger partial charge in [0.15, 0.2) is 5.82 Å². The van der Waals surface area contributed by atoms with Gasteiger partial charge in [-0.1, -0.05) is 6.58 Å². The van der Waals surface area contributed by atoms with Gasteiger partial charge in [0.05, 0.1) is 19.5 Å². The Kier molecular flexibility index (Phi) is 6.47. The summed E-state index contributed by atoms with van der Waals surface area (Å²) in [5, 5.41) is 13.8. The van der Waals surface area contributed by atoms with Gasteiger partial charge in [-0.15, -0.1) is 0 Å². The molecule has 134 valence electrons. The van der Waals surface area contributed by atoms with Crippen LogP contribution in [-0.4, -0.2) is 52.4 Å². The van der Waals surface area contributed by atoms with Crippen LogP contribution in [0.2, 0.25) is 0 Å². The second kappa shape index (κ2) is 8.78. The molecule has 1 atom stereocenters. The second-order valence-corrected chi connectivity index (χ2v) is 5.38. The second-order valence-electron chi connectivity index (χ2n) is 5.38. The Morgan fingerprint density at radius 2 is 2.40 bits per heavy atom. The molecule has 2 aromatic rings. The Bertz CT molecular complexity index is 734. The SMILES string of the molecule is C=C(N)n1ncc(-c2cn[nH]c2)c1/N=C/CCCC(NC)C(=O)OC. The molecule has 0 saturated heterocycles. The van der Waals surface area contributed by atoms with Crippen molar-refractivity contribution in [1.29, 1.82) is 0 Å². The molecule has 0 bridgehead atoms. The zero-order valence-corrected chi connectivity index (χ0v) is 14.4. The highest BCUT2D eigenvalue weighted by Crippen LogP contribution is 2.30. The minimum Gasteiger partial charge on any atom is -0.468 e. The molecular formula is C16H23N7O2. The third-order valence-corrected chi connectivity index (χ3v) is 3.70. The summed E-state index contributed by atoms with van der Waals surface area (Å²) in [6, 6.07) is -0.311. The summed E-state index contributed by atoms with van der Waals surface area (Å²) in [7, 11) is 3.12. The molecule has 0 aliphatic carbocycles. The number of nitrogens with two attached hydrogens (primary N) is 1. The summed E-state index contributed by atoms with van der Waals surface area (Å²) in [5.41, 5.74) is 7.43. The predicted octanol–water partition coefficient (Wildman–Crippen LogP) is 1.29. The van der Waals surface area contributed by atoms with Crippen LogP contribution in [0, 0.1) is 0 Å². The fourth-order valence-corrected chi connectivity index (χ4v) is 2.36. The van der Waals surface area contributed by atoms with Gasteiger partial charge in [-0.25, -0.2) is 4.99 Å². The van der Waals surface area contributed by atoms with E-state index in [4.69, 9.17) is 10.5 Å². The van der Waals surface area contributed by atoms with Crippen LogP contribution in [0.25, 0.3) is 16.9 Å². The lowest BCUT2D eigenvalue weighted by Gasteiger charge is -2.12. The van der Waals surface area contributed by atoms with E-state index in [1.807, 2.05) is 0 Å². The average molecular weight is 345 g/mol. The first kappa shape index (κ1) is 18.4. The van der Waals surface area contributed by atoms with Crippen LogP contribution in [0.5, 0.6) is 0 Å². The Hall–Kier alpha value is -2.94. The van der Waals surface area contributed by atoms with E-state index in [0.29, 0.717) is 18.7 Å². The number of esters is 1. The van der Waals surface area contributed by atoms with Crippen LogP contribution in [0.1, 0.15) is 19.3 Å². The van der Waals surface area contributed by atoms with Crippen LogP contribution in [0.3, 0.4) is 0 Å². The zero-order chi connectivity index (χ0) is 18.2. The summed E-state index contributed by atoms with van der Waals surface area (Å²) in [6.45, 7) is 3.71. The van der Waals surface area contributed by atoms with Crippen molar-refractivity contribution in [2.45, 2.75) is 25.3 Å². The van der Waals surface area contributed by atoms with Gasteiger partial charge in [-0.3, -0.25) is 9.89 Å². The Balaban J connectivity index is 2.04. The molecule has 2 aromatic heterocycles. The monoisotopic (exact) mass is 345 g/mol. The van der Waals surface area contributed by atoms with Crippen molar-refractivity contribution in [3.63, 3.8) is 0 Å². The predicted molar refractivity (Wildman–Crippen MR) is 96.2 cm³/mol. The first-order chi connectivity index (χ1) is 12.1. The lowest BCUT2D eigenvalue weighted by Crippen LogP contribution is -2.34. The molecule has 0 aliphatic heterocycles. The molecule has 9 heteroatoms. The maximum absolute atomic E-state index is 11.5. The van der Waals surface area contributed by atoms with E-state index in [0.717, 1.165) is 17.5 Å². The lowest BCUT2D eigenvalue weighted by atomic mass is 10.1. The number of methoxy groups -OCH3 is 1. The fourth-order valence-electron chi connectivity index (χ4n) is 2.36. The van der Waals surface area contributed by atoms with Gasteiger partial charge in [0.25, 0.3) is 0 Å². The number of rotatable bonds is 9. The van der Waals surface area contributed by atoms with Gasteiger partial charge in [0, 0.05) is 23.5 Å². The molecule has 9 nitrogen and oxygen atoms in total. The van der Waals surface area contributed by atoms with Crippen molar-refractivity contribution in [2.75, 3.05) is 14.2 Å². The number of carbonyl (C=O) groups is 1. The molecular weight excluding hydrogens is 322 g/mol. The van der Waals surface area contributed by atoms with E-state index < -0.39 is 0 Å². The number of hydrogen-bond donors (Lipinski definition) is 3. The van der Waals surface area contributed by atoms with E-state index in [1.54, 1.807) is 31.9 Å². The average Bonchev–Trinajstić information content (AvgIpc) is 3.26. The number of H-pyrrole nitrogens is 1. The van der Waals surface area contributed by atoms with Crippen LogP contribution in [0.15, 0.2) is 30.2 Å². The summed E-state index contributed by atoms with van der Waals surface area (Å²) >= 11 is 0. The number of carbonyl (C=O) groups excluding carboxylic acids is 1. The minimum absolute atomic E-state index is 0.265. The Morgan fingerprint density at radius 1 is 1.60 bits per heavy atom. The number of ether oxygens (including phenoxy) is 1. The molecule has 25 heavy (non-hydrogen) atoms. The van der Waals surface area contributed by atoms with Crippen molar-refractivity contribution >= 4 is 23.8 Å². The first-order valence-electron chi connectivity index (χ1n) is 7.88. The molecule has 2 rings (SSSR count). The smallest absolute Gasteiger partial charge is 0.322 e. The molecule has 4 N–H and O–H groups in total. The largest absolute Gasteiger partial charge is 0.468 e. The fraction of sp³-hybridized carbons (Fsp3) is 0.375. The normalized spacial score (nSPS) is 12.4. The summed E-state index contributed by atoms with van der Waals surface area (Å²) < 4.78 is 6.22. The standard InChI is InChI=1S/C16H23N7O2/c1-11(17)23-15(13(10-22-23)12-8-20-21-9-12)19-7-5-4-6-14(18-2)16(24)25-3/h7-10,14,18H,1,4-6,17H2,2-3H3,(H,20,21)/b19-7+. The molecule has 0 spiro atoms. The van der Waals surface area contributed by atoms with Gasteiger partial charge in [-0.05, 0) is 26.3 Å². The number of aromatic nitrogens is 4. The van der Waals surface area contributed by atoms with Crippen molar-refractivity contribution in [1.82, 2.24) is 25.3 Å². The van der Waals surface area contributed by atoms with Gasteiger partial charge in [0.2, 0.25) is 0 Å². The van der Waals surface area contributed by atoms with E-state index in [-0.39, 0.29) is 17.8 Å². The molecule has 0 amide bonds. The van der Waals surface area contributed by atoms with E-state index in [1.165, 1.54) is 11.8 Å². The number of unbranched alkanes of at least 4 members (excludes halogenated alkanes) is 1. The van der Waals surface area contributed by atoms with E-state index in [9.17, 15) is 4.79 Å². The Labute approximate surface area is 146 Å². The number of nitrogens with one attached hydrogen (secondary N) is 2. The van der Waals surface area contributed by atoms with Crippen molar-refractivity contribution in [3.8, 4) is 11.1 Å². The van der Waals surface area contributed by atoms with Gasteiger partial charge < -0.3 is 15.8 Å². The molecule has 0 saturated carbocycles. The van der Waals surface area contributed by atoms with Crippen molar-refractivity contribution in [3.05, 3.63) is 25.2 Å². The highest BCUT2D eigenvalue weighted by Gasteiger charge is 2.16. The zero-order valence-electron chi connectivity index (χ0n) is 14.4. The number of nitrogens with zero attached hydrogens (tertiary/aromatic N) is 4. The van der Waals surface area contributed by atoms with Gasteiger partial charge in [-0.2, -0.15) is 14.9 Å². The maximum Gasteiger partial charge on any atom is 0.322 e. The van der Waals surface area contributed by atoms with Crippen LogP contribution < -0.4 is 11.1 Å². The highest BCUT2D eigenvalue weighted by atomic mass is 16.5. The van der Waals surface area contributed by atoms with Crippen LogP contribution >= 0.6 is 0 Å². The number of aliphatic imine (C=N–C) groups is 1. The molecule has 0 aliphatic rings. The maximum atomic E-state index is 11.5. The minimum atomic E-state index is -0.311. The molecule has 0 aromatic carbocycles. The number of likely N-dealkylation sites (N-methyl/N-ethyl adjacent to an activating group) is 1. The van der Waals surface area contributed by atoms with Gasteiger partial charge >= 0.3 is 5.97 Å². The summed E-state index contributed by atoms with van der Waals surface area (Å²) in [4.78, 5) is 16.0. The number of aromatic amines is 1. The third-order valence-electron chi connectivity index (χ3n) is 3.70. The first-order valence-corrected chi connectivity index (χ1v) is 7.88. The topological polar surface area (TPSA) is 123 Å². The van der Waals surface area contributed by atoms with Crippen molar-refractivity contribution in [2.24, 2.45) is 10.7 Å². The Morgan fingerprint density at radius 3 is 3.00 bits per heavy atom. The summed E-state index contributed by atoms with van der Waals surface area (Å²) in [6.07, 6.45) is 9.03. The quantitative estimate of drug-likeness (QED) is 0.357. The molecule has 0 fully saturated rings. The van der Waals surface area contributed by atoms with Crippen LogP contribution in [0.4, 0.5) is 5.82 Å². The van der Waals surface area contributed by atoms with Gasteiger partial charge in [0.1, 0.15) is 11.9 Å². The lowest BCUT2D eigenvalue weighted by molar-refractivity contribution is -0.143.